The first-order chi connectivity index (χ1) is 6.56. The largest absolute Gasteiger partial charge is 0.330 e. The van der Waals surface area contributed by atoms with E-state index in [9.17, 15) is 8.78 Å². The molecule has 14 heavy (non-hydrogen) atoms. The summed E-state index contributed by atoms with van der Waals surface area (Å²) in [7, 11) is 0. The van der Waals surface area contributed by atoms with E-state index >= 15 is 0 Å². The van der Waals surface area contributed by atoms with Crippen molar-refractivity contribution in [2.75, 3.05) is 6.54 Å². The number of aryl methyl sites for hydroxylation is 1. The van der Waals surface area contributed by atoms with Crippen LogP contribution in [0.3, 0.4) is 0 Å². The summed E-state index contributed by atoms with van der Waals surface area (Å²) in [5.41, 5.74) is 6.63. The molecule has 1 rings (SSSR count). The highest BCUT2D eigenvalue weighted by molar-refractivity contribution is 6.31. The van der Waals surface area contributed by atoms with Crippen LogP contribution in [0.2, 0.25) is 5.02 Å². The molecule has 1 aromatic carbocycles. The summed E-state index contributed by atoms with van der Waals surface area (Å²) >= 11 is 5.82. The first kappa shape index (κ1) is 11.4. The van der Waals surface area contributed by atoms with Gasteiger partial charge in [-0.15, -0.1) is 0 Å². The van der Waals surface area contributed by atoms with Gasteiger partial charge in [0.25, 0.3) is 0 Å². The van der Waals surface area contributed by atoms with Gasteiger partial charge in [0.2, 0.25) is 6.43 Å². The summed E-state index contributed by atoms with van der Waals surface area (Å²) < 4.78 is 25.1. The molecule has 0 aliphatic rings. The summed E-state index contributed by atoms with van der Waals surface area (Å²) in [5, 5.41) is 0.353. The fourth-order valence-electron chi connectivity index (χ4n) is 1.31. The van der Waals surface area contributed by atoms with Gasteiger partial charge in [0.15, 0.2) is 0 Å². The predicted octanol–water partition coefficient (Wildman–Crippen LogP) is 2.96. The molecule has 0 aliphatic carbocycles. The van der Waals surface area contributed by atoms with Gasteiger partial charge in [0.1, 0.15) is 0 Å². The monoisotopic (exact) mass is 219 g/mol. The lowest BCUT2D eigenvalue weighted by Crippen LogP contribution is -2.20. The van der Waals surface area contributed by atoms with E-state index in [2.05, 4.69) is 0 Å². The second kappa shape index (κ2) is 4.71. The SMILES string of the molecule is Cc1ccc(Cl)c(C(CN)C(F)F)c1. The Balaban J connectivity index is 3.08. The van der Waals surface area contributed by atoms with Crippen LogP contribution in [-0.4, -0.2) is 13.0 Å². The zero-order chi connectivity index (χ0) is 10.7. The lowest BCUT2D eigenvalue weighted by atomic mass is 9.98. The molecular formula is C10H12ClF2N. The van der Waals surface area contributed by atoms with Crippen molar-refractivity contribution in [1.82, 2.24) is 0 Å². The van der Waals surface area contributed by atoms with Gasteiger partial charge in [0, 0.05) is 11.6 Å². The van der Waals surface area contributed by atoms with E-state index in [1.54, 1.807) is 18.2 Å². The molecule has 1 nitrogen and oxygen atoms in total. The number of rotatable bonds is 3. The van der Waals surface area contributed by atoms with Crippen molar-refractivity contribution in [3.63, 3.8) is 0 Å². The minimum Gasteiger partial charge on any atom is -0.330 e. The smallest absolute Gasteiger partial charge is 0.246 e. The van der Waals surface area contributed by atoms with E-state index in [-0.39, 0.29) is 6.54 Å². The van der Waals surface area contributed by atoms with Gasteiger partial charge in [-0.3, -0.25) is 0 Å². The van der Waals surface area contributed by atoms with Crippen molar-refractivity contribution in [2.45, 2.75) is 19.3 Å². The molecule has 0 amide bonds. The van der Waals surface area contributed by atoms with Gasteiger partial charge in [-0.2, -0.15) is 0 Å². The average molecular weight is 220 g/mol. The summed E-state index contributed by atoms with van der Waals surface area (Å²) in [6, 6.07) is 5.06. The second-order valence-corrected chi connectivity index (χ2v) is 3.61. The third kappa shape index (κ3) is 2.42. The van der Waals surface area contributed by atoms with Crippen LogP contribution in [0.15, 0.2) is 18.2 Å². The Morgan fingerprint density at radius 3 is 2.57 bits per heavy atom. The highest BCUT2D eigenvalue weighted by atomic mass is 35.5. The first-order valence-corrected chi connectivity index (χ1v) is 4.68. The van der Waals surface area contributed by atoms with Crippen LogP contribution in [0, 0.1) is 6.92 Å². The molecule has 0 fully saturated rings. The zero-order valence-corrected chi connectivity index (χ0v) is 8.56. The predicted molar refractivity (Wildman–Crippen MR) is 54.0 cm³/mol. The Morgan fingerprint density at radius 2 is 2.07 bits per heavy atom. The van der Waals surface area contributed by atoms with E-state index in [1.165, 1.54) is 0 Å². The Bertz CT molecular complexity index is 315. The summed E-state index contributed by atoms with van der Waals surface area (Å²) in [6.45, 7) is 1.74. The van der Waals surface area contributed by atoms with Crippen LogP contribution in [0.1, 0.15) is 17.0 Å². The molecule has 1 aromatic rings. The molecule has 1 unspecified atom stereocenters. The average Bonchev–Trinajstić information content (AvgIpc) is 2.11. The molecule has 0 aliphatic heterocycles. The number of nitrogens with two attached hydrogens (primary N) is 1. The molecule has 0 saturated heterocycles. The Hall–Kier alpha value is -0.670. The van der Waals surface area contributed by atoms with Crippen molar-refractivity contribution in [2.24, 2.45) is 5.73 Å². The van der Waals surface area contributed by atoms with Crippen LogP contribution in [-0.2, 0) is 0 Å². The molecule has 0 aromatic heterocycles. The summed E-state index contributed by atoms with van der Waals surface area (Å²) in [4.78, 5) is 0. The van der Waals surface area contributed by atoms with Crippen LogP contribution in [0.4, 0.5) is 8.78 Å². The van der Waals surface area contributed by atoms with Gasteiger partial charge in [-0.1, -0.05) is 29.3 Å². The minimum absolute atomic E-state index is 0.0964. The molecule has 1 atom stereocenters. The highest BCUT2D eigenvalue weighted by Gasteiger charge is 2.22. The van der Waals surface area contributed by atoms with Gasteiger partial charge in [-0.05, 0) is 18.6 Å². The van der Waals surface area contributed by atoms with E-state index in [0.717, 1.165) is 5.56 Å². The maximum atomic E-state index is 12.6. The third-order valence-corrected chi connectivity index (χ3v) is 2.45. The molecule has 0 saturated carbocycles. The first-order valence-electron chi connectivity index (χ1n) is 4.30. The lowest BCUT2D eigenvalue weighted by Gasteiger charge is -2.16. The molecule has 0 heterocycles. The van der Waals surface area contributed by atoms with Crippen LogP contribution in [0.25, 0.3) is 0 Å². The molecule has 0 radical (unpaired) electrons. The number of hydrogen-bond acceptors (Lipinski definition) is 1. The molecule has 0 bridgehead atoms. The fraction of sp³-hybridized carbons (Fsp3) is 0.400. The Kier molecular flexibility index (Phi) is 3.84. The van der Waals surface area contributed by atoms with Crippen LogP contribution in [0.5, 0.6) is 0 Å². The minimum atomic E-state index is -2.47. The van der Waals surface area contributed by atoms with Crippen molar-refractivity contribution in [1.29, 1.82) is 0 Å². The van der Waals surface area contributed by atoms with E-state index in [1.807, 2.05) is 6.92 Å². The van der Waals surface area contributed by atoms with Crippen molar-refractivity contribution >= 4 is 11.6 Å². The maximum Gasteiger partial charge on any atom is 0.246 e. The summed E-state index contributed by atoms with van der Waals surface area (Å²) in [5.74, 6) is -0.970. The number of hydrogen-bond donors (Lipinski definition) is 1. The third-order valence-electron chi connectivity index (χ3n) is 2.11. The zero-order valence-electron chi connectivity index (χ0n) is 7.81. The van der Waals surface area contributed by atoms with E-state index < -0.39 is 12.3 Å². The molecular weight excluding hydrogens is 208 g/mol. The van der Waals surface area contributed by atoms with E-state index in [0.29, 0.717) is 10.6 Å². The van der Waals surface area contributed by atoms with Gasteiger partial charge < -0.3 is 5.73 Å². The van der Waals surface area contributed by atoms with Gasteiger partial charge in [-0.25, -0.2) is 8.78 Å². The maximum absolute atomic E-state index is 12.6. The molecule has 4 heteroatoms. The molecule has 78 valence electrons. The number of alkyl halides is 2. The standard InChI is InChI=1S/C10H12ClF2N/c1-6-2-3-9(11)7(4-6)8(5-14)10(12)13/h2-4,8,10H,5,14H2,1H3. The highest BCUT2D eigenvalue weighted by Crippen LogP contribution is 2.29. The quantitative estimate of drug-likeness (QED) is 0.831. The van der Waals surface area contributed by atoms with Crippen molar-refractivity contribution in [3.8, 4) is 0 Å². The lowest BCUT2D eigenvalue weighted by molar-refractivity contribution is 0.117. The van der Waals surface area contributed by atoms with Crippen LogP contribution < -0.4 is 5.73 Å². The summed E-state index contributed by atoms with van der Waals surface area (Å²) in [6.07, 6.45) is -2.47. The Labute approximate surface area is 86.9 Å². The number of halogens is 3. The van der Waals surface area contributed by atoms with Gasteiger partial charge >= 0.3 is 0 Å². The second-order valence-electron chi connectivity index (χ2n) is 3.20. The van der Waals surface area contributed by atoms with E-state index in [4.69, 9.17) is 17.3 Å². The van der Waals surface area contributed by atoms with Crippen LogP contribution >= 0.6 is 11.6 Å². The molecule has 0 spiro atoms. The molecule has 2 N–H and O–H groups in total. The topological polar surface area (TPSA) is 26.0 Å². The number of benzene rings is 1. The van der Waals surface area contributed by atoms with Gasteiger partial charge in [0.05, 0.1) is 5.92 Å². The fourth-order valence-corrected chi connectivity index (χ4v) is 1.57. The normalized spacial score (nSPS) is 13.3. The van der Waals surface area contributed by atoms with Crippen molar-refractivity contribution in [3.05, 3.63) is 34.3 Å². The van der Waals surface area contributed by atoms with Crippen molar-refractivity contribution < 1.29 is 8.78 Å². The Morgan fingerprint density at radius 1 is 1.43 bits per heavy atom.